The Morgan fingerprint density at radius 3 is 2.60 bits per heavy atom. The largest absolute Gasteiger partial charge is 0.365 e. The number of hydrogen-bond acceptors (Lipinski definition) is 4. The zero-order valence-electron chi connectivity index (χ0n) is 14.7. The quantitative estimate of drug-likeness (QED) is 0.817. The molecule has 1 aromatic carbocycles. The van der Waals surface area contributed by atoms with Crippen LogP contribution in [0, 0.1) is 0 Å². The molecule has 0 radical (unpaired) electrons. The zero-order valence-corrected chi connectivity index (χ0v) is 14.7. The van der Waals surface area contributed by atoms with Crippen molar-refractivity contribution in [3.63, 3.8) is 0 Å². The van der Waals surface area contributed by atoms with Crippen molar-refractivity contribution in [2.45, 2.75) is 64.2 Å². The molecular formula is C19H26N4O2. The summed E-state index contributed by atoms with van der Waals surface area (Å²) in [4.78, 5) is 16.3. The van der Waals surface area contributed by atoms with Gasteiger partial charge < -0.3 is 10.1 Å². The van der Waals surface area contributed by atoms with Gasteiger partial charge in [-0.15, -0.1) is 0 Å². The number of rotatable bonds is 6. The fraction of sp³-hybridized carbons (Fsp3) is 0.526. The van der Waals surface area contributed by atoms with E-state index in [-0.39, 0.29) is 12.0 Å². The van der Waals surface area contributed by atoms with E-state index in [0.717, 1.165) is 24.1 Å². The van der Waals surface area contributed by atoms with Crippen molar-refractivity contribution in [3.8, 4) is 0 Å². The normalized spacial score (nSPS) is 17.0. The van der Waals surface area contributed by atoms with Gasteiger partial charge in [-0.3, -0.25) is 4.79 Å². The molecule has 1 atom stereocenters. The number of aromatic nitrogens is 3. The van der Waals surface area contributed by atoms with Crippen LogP contribution >= 0.6 is 0 Å². The molecule has 1 aromatic heterocycles. The first-order valence-electron chi connectivity index (χ1n) is 9.08. The Kier molecular flexibility index (Phi) is 6.17. The number of ether oxygens (including phenoxy) is 1. The van der Waals surface area contributed by atoms with Crippen LogP contribution in [-0.2, 0) is 16.1 Å². The van der Waals surface area contributed by atoms with E-state index in [0.29, 0.717) is 6.54 Å². The topological polar surface area (TPSA) is 69.0 Å². The summed E-state index contributed by atoms with van der Waals surface area (Å²) in [6.45, 7) is 2.49. The van der Waals surface area contributed by atoms with E-state index < -0.39 is 6.10 Å². The molecule has 0 saturated heterocycles. The number of hydrogen-bond donors (Lipinski definition) is 1. The van der Waals surface area contributed by atoms with Crippen molar-refractivity contribution in [1.82, 2.24) is 14.8 Å². The van der Waals surface area contributed by atoms with Gasteiger partial charge in [0.05, 0.1) is 12.6 Å². The van der Waals surface area contributed by atoms with E-state index in [1.54, 1.807) is 11.0 Å². The molecule has 1 N–H and O–H groups in total. The summed E-state index contributed by atoms with van der Waals surface area (Å²) in [6.07, 6.45) is 10.1. The third-order valence-corrected chi connectivity index (χ3v) is 4.60. The van der Waals surface area contributed by atoms with Crippen LogP contribution in [0.3, 0.4) is 0 Å². The predicted molar refractivity (Wildman–Crippen MR) is 96.2 cm³/mol. The summed E-state index contributed by atoms with van der Waals surface area (Å²) in [5, 5.41) is 7.02. The van der Waals surface area contributed by atoms with Crippen LogP contribution in [0.4, 0.5) is 5.69 Å². The summed E-state index contributed by atoms with van der Waals surface area (Å²) < 4.78 is 7.73. The minimum Gasteiger partial charge on any atom is -0.365 e. The van der Waals surface area contributed by atoms with Crippen LogP contribution in [0.1, 0.15) is 51.0 Å². The molecule has 6 nitrogen and oxygen atoms in total. The fourth-order valence-corrected chi connectivity index (χ4v) is 3.17. The van der Waals surface area contributed by atoms with Crippen molar-refractivity contribution >= 4 is 11.6 Å². The van der Waals surface area contributed by atoms with Crippen LogP contribution in [0.2, 0.25) is 0 Å². The molecule has 134 valence electrons. The van der Waals surface area contributed by atoms with Gasteiger partial charge in [0.25, 0.3) is 5.91 Å². The van der Waals surface area contributed by atoms with E-state index in [4.69, 9.17) is 4.74 Å². The second kappa shape index (κ2) is 8.76. The Hall–Kier alpha value is -2.21. The van der Waals surface area contributed by atoms with Gasteiger partial charge in [0, 0.05) is 5.69 Å². The van der Waals surface area contributed by atoms with E-state index in [1.807, 2.05) is 31.2 Å². The molecule has 0 bridgehead atoms. The second-order valence-electron chi connectivity index (χ2n) is 6.67. The van der Waals surface area contributed by atoms with E-state index in [9.17, 15) is 4.79 Å². The molecular weight excluding hydrogens is 316 g/mol. The number of nitrogens with one attached hydrogen (secondary N) is 1. The first-order valence-corrected chi connectivity index (χ1v) is 9.08. The Morgan fingerprint density at radius 1 is 1.24 bits per heavy atom. The molecule has 1 saturated carbocycles. The standard InChI is InChI=1S/C19H26N4O2/c1-15(25-18-6-4-2-3-5-7-18)19(24)22-17-10-8-16(9-11-17)12-23-14-20-13-21-23/h8-11,13-15,18H,2-7,12H2,1H3,(H,22,24). The molecule has 0 spiro atoms. The van der Waals surface area contributed by atoms with Crippen molar-refractivity contribution in [2.24, 2.45) is 0 Å². The zero-order chi connectivity index (χ0) is 17.5. The fourth-order valence-electron chi connectivity index (χ4n) is 3.17. The maximum absolute atomic E-state index is 12.4. The maximum Gasteiger partial charge on any atom is 0.253 e. The van der Waals surface area contributed by atoms with Crippen molar-refractivity contribution < 1.29 is 9.53 Å². The van der Waals surface area contributed by atoms with Gasteiger partial charge in [0.15, 0.2) is 0 Å². The van der Waals surface area contributed by atoms with Crippen molar-refractivity contribution in [1.29, 1.82) is 0 Å². The SMILES string of the molecule is CC(OC1CCCCCC1)C(=O)Nc1ccc(Cn2cncn2)cc1. The predicted octanol–water partition coefficient (Wildman–Crippen LogP) is 3.39. The van der Waals surface area contributed by atoms with Crippen LogP contribution in [0.15, 0.2) is 36.9 Å². The van der Waals surface area contributed by atoms with Crippen LogP contribution in [0.5, 0.6) is 0 Å². The monoisotopic (exact) mass is 342 g/mol. The average molecular weight is 342 g/mol. The lowest BCUT2D eigenvalue weighted by Crippen LogP contribution is -2.31. The number of benzene rings is 1. The molecule has 3 rings (SSSR count). The highest BCUT2D eigenvalue weighted by molar-refractivity contribution is 5.93. The van der Waals surface area contributed by atoms with Gasteiger partial charge in [-0.05, 0) is 37.5 Å². The Labute approximate surface area is 148 Å². The maximum atomic E-state index is 12.4. The average Bonchev–Trinajstić information content (AvgIpc) is 2.99. The van der Waals surface area contributed by atoms with E-state index in [2.05, 4.69) is 15.4 Å². The molecule has 6 heteroatoms. The summed E-state index contributed by atoms with van der Waals surface area (Å²) in [6, 6.07) is 7.77. The van der Waals surface area contributed by atoms with E-state index in [1.165, 1.54) is 32.0 Å². The number of carbonyl (C=O) groups is 1. The smallest absolute Gasteiger partial charge is 0.253 e. The molecule has 1 aliphatic carbocycles. The molecule has 1 fully saturated rings. The summed E-state index contributed by atoms with van der Waals surface area (Å²) in [7, 11) is 0. The van der Waals surface area contributed by atoms with Gasteiger partial charge in [0.2, 0.25) is 0 Å². The highest BCUT2D eigenvalue weighted by Gasteiger charge is 2.20. The molecule has 2 aromatic rings. The third kappa shape index (κ3) is 5.39. The summed E-state index contributed by atoms with van der Waals surface area (Å²) in [5.74, 6) is -0.0896. The van der Waals surface area contributed by atoms with Gasteiger partial charge in [-0.25, -0.2) is 9.67 Å². The number of carbonyl (C=O) groups excluding carboxylic acids is 1. The highest BCUT2D eigenvalue weighted by atomic mass is 16.5. The van der Waals surface area contributed by atoms with Crippen molar-refractivity contribution in [3.05, 3.63) is 42.5 Å². The lowest BCUT2D eigenvalue weighted by molar-refractivity contribution is -0.130. The lowest BCUT2D eigenvalue weighted by Gasteiger charge is -2.20. The number of amides is 1. The van der Waals surface area contributed by atoms with Crippen LogP contribution < -0.4 is 5.32 Å². The van der Waals surface area contributed by atoms with Gasteiger partial charge in [-0.2, -0.15) is 5.10 Å². The Bertz CT molecular complexity index is 647. The van der Waals surface area contributed by atoms with Crippen molar-refractivity contribution in [2.75, 3.05) is 5.32 Å². The molecule has 1 heterocycles. The highest BCUT2D eigenvalue weighted by Crippen LogP contribution is 2.21. The first-order chi connectivity index (χ1) is 12.2. The van der Waals surface area contributed by atoms with Crippen LogP contribution in [0.25, 0.3) is 0 Å². The van der Waals surface area contributed by atoms with E-state index >= 15 is 0 Å². The number of anilines is 1. The summed E-state index contributed by atoms with van der Waals surface area (Å²) >= 11 is 0. The minimum atomic E-state index is -0.432. The van der Waals surface area contributed by atoms with Gasteiger partial charge in [-0.1, -0.05) is 37.8 Å². The molecule has 0 aliphatic heterocycles. The Morgan fingerprint density at radius 2 is 1.96 bits per heavy atom. The van der Waals surface area contributed by atoms with Crippen LogP contribution in [-0.4, -0.2) is 32.9 Å². The first kappa shape index (κ1) is 17.6. The second-order valence-corrected chi connectivity index (χ2v) is 6.67. The molecule has 1 aliphatic rings. The summed E-state index contributed by atoms with van der Waals surface area (Å²) in [5.41, 5.74) is 1.88. The lowest BCUT2D eigenvalue weighted by atomic mass is 10.1. The number of nitrogens with zero attached hydrogens (tertiary/aromatic N) is 3. The van der Waals surface area contributed by atoms with Gasteiger partial charge >= 0.3 is 0 Å². The molecule has 25 heavy (non-hydrogen) atoms. The minimum absolute atomic E-state index is 0.0896. The third-order valence-electron chi connectivity index (χ3n) is 4.60. The molecule has 1 amide bonds. The molecule has 1 unspecified atom stereocenters. The van der Waals surface area contributed by atoms with Gasteiger partial charge in [0.1, 0.15) is 18.8 Å². The Balaban J connectivity index is 1.49.